The molecule has 0 saturated heterocycles. The van der Waals surface area contributed by atoms with Crippen LogP contribution in [0.2, 0.25) is 0 Å². The van der Waals surface area contributed by atoms with E-state index in [1.165, 1.54) is 64.2 Å². The smallest absolute Gasteiger partial charge is 0.303 e. The summed E-state index contributed by atoms with van der Waals surface area (Å²) in [6, 6.07) is -1.19. The number of nitrogens with one attached hydrogen (secondary N) is 3. The molecule has 0 aromatic carbocycles. The fraction of sp³-hybridized carbons (Fsp3) is 0.871. The van der Waals surface area contributed by atoms with E-state index in [1.54, 1.807) is 22.6 Å². The molecule has 0 aliphatic rings. The Hall–Kier alpha value is -0.960. The molecular formula is C31H58IN3O7S. The Kier molecular flexibility index (Phi) is 29.1. The van der Waals surface area contributed by atoms with E-state index in [-0.39, 0.29) is 34.5 Å². The number of hydrogen-bond donors (Lipinski definition) is 7. The lowest BCUT2D eigenvalue weighted by atomic mass is 10.0. The molecule has 6 N–H and O–H groups in total. The Bertz CT molecular complexity index is 746. The van der Waals surface area contributed by atoms with Gasteiger partial charge in [0.1, 0.15) is 0 Å². The molecule has 252 valence electrons. The number of thiol groups is 1. The summed E-state index contributed by atoms with van der Waals surface area (Å²) in [4.78, 5) is 46.2. The molecule has 10 nitrogen and oxygen atoms in total. The summed E-state index contributed by atoms with van der Waals surface area (Å²) in [5, 5.41) is 33.3. The first-order valence-electron chi connectivity index (χ1n) is 16.4. The van der Waals surface area contributed by atoms with Crippen molar-refractivity contribution >= 4 is 57.0 Å². The average molecular weight is 744 g/mol. The second-order valence-corrected chi connectivity index (χ2v) is 12.8. The molecule has 0 bridgehead atoms. The van der Waals surface area contributed by atoms with Crippen LogP contribution in [0.15, 0.2) is 0 Å². The molecule has 12 heteroatoms. The highest BCUT2D eigenvalue weighted by Crippen LogP contribution is 2.14. The predicted octanol–water partition coefficient (Wildman–Crippen LogP) is 5.72. The molecule has 0 rings (SSSR count). The van der Waals surface area contributed by atoms with Gasteiger partial charge in [-0.25, -0.2) is 0 Å². The number of halogens is 1. The van der Waals surface area contributed by atoms with Gasteiger partial charge in [-0.3, -0.25) is 23.9 Å². The summed E-state index contributed by atoms with van der Waals surface area (Å²) in [6.07, 6.45) is 19.5. The number of aliphatic hydroxyl groups excluding tert-OH is 1. The van der Waals surface area contributed by atoms with Crippen molar-refractivity contribution < 1.29 is 34.5 Å². The largest absolute Gasteiger partial charge is 0.481 e. The van der Waals surface area contributed by atoms with E-state index < -0.39 is 18.3 Å². The van der Waals surface area contributed by atoms with Crippen molar-refractivity contribution in [3.63, 3.8) is 0 Å². The minimum atomic E-state index is -1.73. The maximum absolute atomic E-state index is 12.3. The Morgan fingerprint density at radius 2 is 1.07 bits per heavy atom. The molecule has 2 unspecified atom stereocenters. The van der Waals surface area contributed by atoms with E-state index >= 15 is 0 Å². The second-order valence-electron chi connectivity index (χ2n) is 11.5. The third kappa shape index (κ3) is 28.3. The number of rotatable bonds is 31. The third-order valence-electron chi connectivity index (χ3n) is 7.60. The van der Waals surface area contributed by atoms with Crippen LogP contribution >= 0.6 is 35.4 Å². The number of hydrogen-bond acceptors (Lipinski definition) is 8. The summed E-state index contributed by atoms with van der Waals surface area (Å²) in [6.45, 7) is 0.465. The van der Waals surface area contributed by atoms with E-state index in [2.05, 4.69) is 28.2 Å². The van der Waals surface area contributed by atoms with Crippen LogP contribution in [0, 0.1) is 0 Å². The normalized spacial score (nSPS) is 12.7. The molecule has 0 aliphatic carbocycles. The molecule has 0 heterocycles. The van der Waals surface area contributed by atoms with Gasteiger partial charge in [0.2, 0.25) is 15.6 Å². The summed E-state index contributed by atoms with van der Waals surface area (Å²) in [7, 11) is 0. The number of carboxylic acid groups (broad SMARTS) is 1. The van der Waals surface area contributed by atoms with E-state index in [0.29, 0.717) is 32.2 Å². The van der Waals surface area contributed by atoms with Crippen LogP contribution in [0.1, 0.15) is 148 Å². The lowest BCUT2D eigenvalue weighted by Crippen LogP contribution is -2.44. The van der Waals surface area contributed by atoms with Crippen LogP contribution in [0.25, 0.3) is 0 Å². The highest BCUT2D eigenvalue weighted by molar-refractivity contribution is 14.1. The van der Waals surface area contributed by atoms with Crippen molar-refractivity contribution in [3.05, 3.63) is 0 Å². The third-order valence-corrected chi connectivity index (χ3v) is 8.67. The van der Waals surface area contributed by atoms with E-state index in [1.807, 2.05) is 0 Å². The zero-order valence-electron chi connectivity index (χ0n) is 26.0. The minimum Gasteiger partial charge on any atom is -0.481 e. The maximum Gasteiger partial charge on any atom is 0.303 e. The SMILES string of the molecule is O=C(O)CCCCCCCCCCCCCCCCCCC(=O)NC(CCC(=O)NCCCCC(NS)C(=O)I)C(O)O. The molecule has 0 aromatic heterocycles. The standard InChI is InChI=1S/C31H58IN3O7S/c32-30(40)25(35-43)19-17-18-24-33-27(36)23-22-26(31(41)42)34-28(37)20-15-13-11-9-7-5-3-1-2-4-6-8-10-12-14-16-21-29(38)39/h25-26,31,35,41-43H,1-24H2,(H,33,36)(H,34,37)(H,38,39). The van der Waals surface area contributed by atoms with Gasteiger partial charge < -0.3 is 26.0 Å². The minimum absolute atomic E-state index is 0.00641. The van der Waals surface area contributed by atoms with E-state index in [9.17, 15) is 29.4 Å². The van der Waals surface area contributed by atoms with Crippen molar-refractivity contribution in [2.45, 2.75) is 166 Å². The fourth-order valence-corrected chi connectivity index (χ4v) is 5.88. The second kappa shape index (κ2) is 29.7. The fourth-order valence-electron chi connectivity index (χ4n) is 4.92. The highest BCUT2D eigenvalue weighted by atomic mass is 127. The molecule has 2 atom stereocenters. The molecule has 43 heavy (non-hydrogen) atoms. The molecule has 0 fully saturated rings. The highest BCUT2D eigenvalue weighted by Gasteiger charge is 2.20. The Balaban J connectivity index is 3.67. The lowest BCUT2D eigenvalue weighted by Gasteiger charge is -2.20. The lowest BCUT2D eigenvalue weighted by molar-refractivity contribution is -0.137. The first-order chi connectivity index (χ1) is 20.7. The van der Waals surface area contributed by atoms with Gasteiger partial charge in [0, 0.05) is 48.4 Å². The van der Waals surface area contributed by atoms with Crippen LogP contribution in [-0.2, 0) is 19.2 Å². The number of aliphatic carboxylic acids is 1. The first kappa shape index (κ1) is 42.0. The van der Waals surface area contributed by atoms with Crippen LogP contribution < -0.4 is 15.4 Å². The van der Waals surface area contributed by atoms with Gasteiger partial charge in [0.05, 0.1) is 12.1 Å². The molecular weight excluding hydrogens is 685 g/mol. The van der Waals surface area contributed by atoms with Crippen molar-refractivity contribution in [1.29, 1.82) is 0 Å². The van der Waals surface area contributed by atoms with Crippen molar-refractivity contribution in [2.75, 3.05) is 6.54 Å². The summed E-state index contributed by atoms with van der Waals surface area (Å²) in [5.74, 6) is -1.14. The average Bonchev–Trinajstić information content (AvgIpc) is 2.95. The van der Waals surface area contributed by atoms with Gasteiger partial charge in [0.15, 0.2) is 6.29 Å². The molecule has 0 aliphatic heterocycles. The maximum atomic E-state index is 12.3. The number of carboxylic acids is 1. The molecule has 0 saturated carbocycles. The van der Waals surface area contributed by atoms with Gasteiger partial charge in [0.25, 0.3) is 0 Å². The molecule has 0 aromatic rings. The van der Waals surface area contributed by atoms with Crippen molar-refractivity contribution in [1.82, 2.24) is 15.4 Å². The van der Waals surface area contributed by atoms with Crippen LogP contribution in [0.3, 0.4) is 0 Å². The monoisotopic (exact) mass is 743 g/mol. The number of carbonyl (C=O) groups is 4. The Morgan fingerprint density at radius 3 is 1.49 bits per heavy atom. The topological polar surface area (TPSA) is 165 Å². The molecule has 0 spiro atoms. The number of aliphatic hydroxyl groups is 2. The van der Waals surface area contributed by atoms with Crippen LogP contribution in [0.4, 0.5) is 0 Å². The quantitative estimate of drug-likeness (QED) is 0.0156. The molecule has 0 radical (unpaired) electrons. The number of carbonyl (C=O) groups excluding carboxylic acids is 3. The van der Waals surface area contributed by atoms with Crippen molar-refractivity contribution in [3.8, 4) is 0 Å². The van der Waals surface area contributed by atoms with Gasteiger partial charge in [-0.1, -0.05) is 103 Å². The Labute approximate surface area is 278 Å². The molecule has 2 amide bonds. The Morgan fingerprint density at radius 1 is 0.605 bits per heavy atom. The van der Waals surface area contributed by atoms with Crippen molar-refractivity contribution in [2.24, 2.45) is 0 Å². The summed E-state index contributed by atoms with van der Waals surface area (Å²) in [5.41, 5.74) is 0. The number of unbranched alkanes of at least 4 members (excludes halogenated alkanes) is 16. The van der Waals surface area contributed by atoms with Gasteiger partial charge >= 0.3 is 5.97 Å². The predicted molar refractivity (Wildman–Crippen MR) is 182 cm³/mol. The first-order valence-corrected chi connectivity index (χ1v) is 17.9. The zero-order chi connectivity index (χ0) is 32.1. The number of amides is 2. The van der Waals surface area contributed by atoms with E-state index in [4.69, 9.17) is 5.11 Å². The van der Waals surface area contributed by atoms with Crippen LogP contribution in [-0.4, -0.2) is 61.8 Å². The van der Waals surface area contributed by atoms with Gasteiger partial charge in [-0.2, -0.15) is 0 Å². The van der Waals surface area contributed by atoms with Crippen LogP contribution in [0.5, 0.6) is 0 Å². The zero-order valence-corrected chi connectivity index (χ0v) is 29.1. The summed E-state index contributed by atoms with van der Waals surface area (Å²) < 4.78 is 2.66. The summed E-state index contributed by atoms with van der Waals surface area (Å²) >= 11 is 5.67. The van der Waals surface area contributed by atoms with E-state index in [0.717, 1.165) is 44.9 Å². The van der Waals surface area contributed by atoms with Gasteiger partial charge in [-0.15, -0.1) is 0 Å². The van der Waals surface area contributed by atoms with Gasteiger partial charge in [-0.05, 0) is 38.5 Å².